The molecule has 6 nitrogen and oxygen atoms in total. The van der Waals surface area contributed by atoms with Crippen molar-refractivity contribution in [3.05, 3.63) is 71.8 Å². The molecule has 3 aliphatic carbocycles. The van der Waals surface area contributed by atoms with E-state index in [9.17, 15) is 27.5 Å². The molecule has 6 rings (SSSR count). The summed E-state index contributed by atoms with van der Waals surface area (Å²) in [6, 6.07) is 13.2. The second-order valence-corrected chi connectivity index (χ2v) is 13.8. The average molecular weight is 628 g/mol. The molecule has 8 atom stereocenters. The Hall–Kier alpha value is -3.40. The zero-order valence-corrected chi connectivity index (χ0v) is 25.9. The molecule has 10 heteroatoms. The number of hydrogen-bond acceptors (Lipinski definition) is 4. The lowest BCUT2D eigenvalue weighted by atomic mass is 9.50. The van der Waals surface area contributed by atoms with E-state index in [-0.39, 0.29) is 48.1 Å². The predicted molar refractivity (Wildman–Crippen MR) is 161 cm³/mol. The first kappa shape index (κ1) is 31.6. The third-order valence-electron chi connectivity index (χ3n) is 11.3. The summed E-state index contributed by atoms with van der Waals surface area (Å²) >= 11 is 0. The van der Waals surface area contributed by atoms with E-state index in [1.165, 1.54) is 12.1 Å². The van der Waals surface area contributed by atoms with E-state index >= 15 is 0 Å². The van der Waals surface area contributed by atoms with Gasteiger partial charge in [-0.3, -0.25) is 4.79 Å². The Bertz CT molecular complexity index is 1510. The number of ether oxygens (including phenoxy) is 1. The van der Waals surface area contributed by atoms with Crippen molar-refractivity contribution in [2.24, 2.45) is 46.8 Å². The summed E-state index contributed by atoms with van der Waals surface area (Å²) in [6.07, 6.45) is 1.15. The van der Waals surface area contributed by atoms with Gasteiger partial charge in [0.25, 0.3) is 0 Å². The van der Waals surface area contributed by atoms with Gasteiger partial charge in [0.2, 0.25) is 0 Å². The van der Waals surface area contributed by atoms with Crippen LogP contribution in [0.3, 0.4) is 0 Å². The SMILES string of the molecule is C[C@@H]1C[C@H]([C@@]2(C)Cc3cn(-c4ccc(Oc5ccc(F)cc5)cc4)nc3C[C@@H]2CO)[C@@H](CNC(=O)C(F)(F)F)[C@H]2CC[C@H](C)[C@@H]21. The van der Waals surface area contributed by atoms with Gasteiger partial charge < -0.3 is 15.2 Å². The van der Waals surface area contributed by atoms with E-state index in [1.807, 2.05) is 35.1 Å². The largest absolute Gasteiger partial charge is 0.471 e. The summed E-state index contributed by atoms with van der Waals surface area (Å²) in [7, 11) is 0. The third kappa shape index (κ3) is 6.10. The number of carbonyl (C=O) groups is 1. The van der Waals surface area contributed by atoms with Crippen molar-refractivity contribution in [2.75, 3.05) is 13.2 Å². The highest BCUT2D eigenvalue weighted by Crippen LogP contribution is 2.60. The second-order valence-electron chi connectivity index (χ2n) is 13.8. The van der Waals surface area contributed by atoms with Crippen LogP contribution in [-0.2, 0) is 17.6 Å². The lowest BCUT2D eigenvalue weighted by Crippen LogP contribution is -2.54. The Kier molecular flexibility index (Phi) is 8.48. The van der Waals surface area contributed by atoms with Gasteiger partial charge in [-0.2, -0.15) is 18.3 Å². The Labute approximate surface area is 261 Å². The molecule has 1 heterocycles. The summed E-state index contributed by atoms with van der Waals surface area (Å²) in [5.74, 6) is 0.278. The van der Waals surface area contributed by atoms with Crippen molar-refractivity contribution >= 4 is 5.91 Å². The minimum atomic E-state index is -4.92. The van der Waals surface area contributed by atoms with Crippen molar-refractivity contribution in [2.45, 2.75) is 59.1 Å². The van der Waals surface area contributed by atoms with Crippen LogP contribution in [0.25, 0.3) is 5.69 Å². The standard InChI is InChI=1S/C35H41F4N3O3/c1-20-4-13-28-29(17-40-33(44)35(37,38)39)30(14-21(2)32(20)28)34(3)16-22-18-42(41-31(22)15-23(34)19-43)25-7-11-27(12-8-25)45-26-9-5-24(36)6-10-26/h5-12,18,20-21,23,28-30,32,43H,4,13-17,19H2,1-3H3,(H,40,44)/t20-,21+,23+,28+,29-,30-,32+,34-/m0/s1. The minimum absolute atomic E-state index is 0.00415. The van der Waals surface area contributed by atoms with Gasteiger partial charge in [-0.05, 0) is 127 Å². The topological polar surface area (TPSA) is 76.4 Å². The van der Waals surface area contributed by atoms with Crippen LogP contribution in [-0.4, -0.2) is 40.1 Å². The van der Waals surface area contributed by atoms with E-state index in [4.69, 9.17) is 9.84 Å². The van der Waals surface area contributed by atoms with Crippen LogP contribution < -0.4 is 10.1 Å². The maximum absolute atomic E-state index is 13.2. The van der Waals surface area contributed by atoms with Crippen molar-refractivity contribution < 1.29 is 32.2 Å². The third-order valence-corrected chi connectivity index (χ3v) is 11.3. The monoisotopic (exact) mass is 627 g/mol. The van der Waals surface area contributed by atoms with Gasteiger partial charge in [0.05, 0.1) is 11.4 Å². The molecule has 0 bridgehead atoms. The van der Waals surface area contributed by atoms with Crippen LogP contribution in [0.1, 0.15) is 51.3 Å². The number of carbonyl (C=O) groups excluding carboxylic acids is 1. The van der Waals surface area contributed by atoms with Crippen molar-refractivity contribution in [1.82, 2.24) is 15.1 Å². The fraction of sp³-hybridized carbons (Fsp3) is 0.543. The number of hydrogen-bond donors (Lipinski definition) is 2. The molecule has 3 aromatic rings. The number of fused-ring (bicyclic) bond motifs is 2. The number of amides is 1. The van der Waals surface area contributed by atoms with Crippen LogP contribution >= 0.6 is 0 Å². The lowest BCUT2D eigenvalue weighted by Gasteiger charge is -2.55. The van der Waals surface area contributed by atoms with E-state index in [2.05, 4.69) is 26.1 Å². The average Bonchev–Trinajstić information content (AvgIpc) is 3.60. The molecule has 0 spiro atoms. The van der Waals surface area contributed by atoms with Crippen LogP contribution in [0, 0.1) is 52.7 Å². The number of nitrogens with one attached hydrogen (secondary N) is 1. The molecule has 242 valence electrons. The molecule has 0 aliphatic heterocycles. The Morgan fingerprint density at radius 2 is 1.73 bits per heavy atom. The molecule has 0 saturated heterocycles. The Morgan fingerprint density at radius 3 is 2.38 bits per heavy atom. The first-order valence-corrected chi connectivity index (χ1v) is 15.9. The van der Waals surface area contributed by atoms with E-state index < -0.39 is 12.1 Å². The van der Waals surface area contributed by atoms with Gasteiger partial charge in [-0.1, -0.05) is 27.2 Å². The number of benzene rings is 2. The molecule has 1 aromatic heterocycles. The van der Waals surface area contributed by atoms with Gasteiger partial charge in [-0.15, -0.1) is 0 Å². The molecule has 2 saturated carbocycles. The first-order chi connectivity index (χ1) is 21.4. The number of rotatable bonds is 7. The molecule has 3 aliphatic rings. The number of alkyl halides is 3. The lowest BCUT2D eigenvalue weighted by molar-refractivity contribution is -0.174. The zero-order chi connectivity index (χ0) is 32.1. The highest BCUT2D eigenvalue weighted by molar-refractivity contribution is 5.81. The first-order valence-electron chi connectivity index (χ1n) is 15.9. The fourth-order valence-electron chi connectivity index (χ4n) is 9.07. The van der Waals surface area contributed by atoms with Crippen molar-refractivity contribution in [3.63, 3.8) is 0 Å². The van der Waals surface area contributed by atoms with Crippen molar-refractivity contribution in [3.8, 4) is 17.2 Å². The number of aromatic nitrogens is 2. The van der Waals surface area contributed by atoms with Gasteiger partial charge >= 0.3 is 12.1 Å². The Morgan fingerprint density at radius 1 is 1.07 bits per heavy atom. The smallest absolute Gasteiger partial charge is 0.457 e. The highest BCUT2D eigenvalue weighted by Gasteiger charge is 2.56. The van der Waals surface area contributed by atoms with Crippen LogP contribution in [0.15, 0.2) is 54.7 Å². The zero-order valence-electron chi connectivity index (χ0n) is 25.9. The molecule has 2 N–H and O–H groups in total. The summed E-state index contributed by atoms with van der Waals surface area (Å²) in [5.41, 5.74) is 2.43. The molecule has 45 heavy (non-hydrogen) atoms. The maximum atomic E-state index is 13.2. The normalized spacial score (nSPS) is 31.2. The summed E-state index contributed by atoms with van der Waals surface area (Å²) in [5, 5.41) is 17.8. The number of halogens is 4. The fourth-order valence-corrected chi connectivity index (χ4v) is 9.07. The molecular formula is C35H41F4N3O3. The molecule has 0 radical (unpaired) electrons. The quantitative estimate of drug-likeness (QED) is 0.274. The molecule has 2 fully saturated rings. The molecule has 1 amide bonds. The van der Waals surface area contributed by atoms with Gasteiger partial charge in [0.15, 0.2) is 0 Å². The van der Waals surface area contributed by atoms with Gasteiger partial charge in [0.1, 0.15) is 17.3 Å². The second kappa shape index (κ2) is 12.1. The molecule has 2 aromatic carbocycles. The van der Waals surface area contributed by atoms with E-state index in [0.29, 0.717) is 42.1 Å². The van der Waals surface area contributed by atoms with Gasteiger partial charge in [0, 0.05) is 19.3 Å². The summed E-state index contributed by atoms with van der Waals surface area (Å²) in [4.78, 5) is 11.9. The van der Waals surface area contributed by atoms with Crippen LogP contribution in [0.4, 0.5) is 17.6 Å². The highest BCUT2D eigenvalue weighted by atomic mass is 19.4. The number of aliphatic hydroxyl groups excluding tert-OH is 1. The number of nitrogens with zero attached hydrogens (tertiary/aromatic N) is 2. The van der Waals surface area contributed by atoms with E-state index in [0.717, 1.165) is 36.2 Å². The molecule has 0 unspecified atom stereocenters. The molecular weight excluding hydrogens is 586 g/mol. The van der Waals surface area contributed by atoms with Crippen molar-refractivity contribution in [1.29, 1.82) is 0 Å². The van der Waals surface area contributed by atoms with E-state index in [1.54, 1.807) is 12.1 Å². The summed E-state index contributed by atoms with van der Waals surface area (Å²) in [6.45, 7) is 6.65. The maximum Gasteiger partial charge on any atom is 0.471 e. The Balaban J connectivity index is 1.26. The minimum Gasteiger partial charge on any atom is -0.457 e. The number of aliphatic hydroxyl groups is 1. The van der Waals surface area contributed by atoms with Gasteiger partial charge in [-0.25, -0.2) is 9.07 Å². The predicted octanol–water partition coefficient (Wildman–Crippen LogP) is 7.13. The van der Waals surface area contributed by atoms with Crippen LogP contribution in [0.5, 0.6) is 11.5 Å². The summed E-state index contributed by atoms with van der Waals surface area (Å²) < 4.78 is 60.5. The van der Waals surface area contributed by atoms with Crippen LogP contribution in [0.2, 0.25) is 0 Å².